The Morgan fingerprint density at radius 1 is 1.43 bits per heavy atom. The van der Waals surface area contributed by atoms with Gasteiger partial charge in [-0.3, -0.25) is 4.79 Å². The lowest BCUT2D eigenvalue weighted by atomic mass is 10.0. The first-order valence-corrected chi connectivity index (χ1v) is 9.03. The van der Waals surface area contributed by atoms with Crippen molar-refractivity contribution in [3.8, 4) is 0 Å². The van der Waals surface area contributed by atoms with Crippen molar-refractivity contribution in [1.29, 1.82) is 0 Å². The molecule has 1 nitrogen and oxygen atoms in total. The highest BCUT2D eigenvalue weighted by Gasteiger charge is 2.34. The number of fused-ring (bicyclic) bond motifs is 1. The molecule has 0 aromatic rings. The van der Waals surface area contributed by atoms with Crippen molar-refractivity contribution in [2.75, 3.05) is 0 Å². The van der Waals surface area contributed by atoms with Crippen LogP contribution in [0.4, 0.5) is 0 Å². The number of rotatable bonds is 1. The predicted molar refractivity (Wildman–Crippen MR) is 61.9 cm³/mol. The number of carbonyl (C=O) groups is 1. The maximum atomic E-state index is 11.7. The third kappa shape index (κ3) is 1.76. The Morgan fingerprint density at radius 2 is 2.14 bits per heavy atom. The van der Waals surface area contributed by atoms with Crippen molar-refractivity contribution in [1.82, 2.24) is 0 Å². The molecule has 0 amide bonds. The van der Waals surface area contributed by atoms with Gasteiger partial charge in [-0.15, -0.1) is 0 Å². The summed E-state index contributed by atoms with van der Waals surface area (Å²) in [6.07, 6.45) is 5.52. The molecular formula is C12H18OSi. The van der Waals surface area contributed by atoms with Crippen LogP contribution in [0, 0.1) is 5.92 Å². The van der Waals surface area contributed by atoms with E-state index in [-0.39, 0.29) is 0 Å². The standard InChI is InChI=1S/C12H18OSi/c1-14(2,3)8-11-10-6-4-5-9(10)7-12(11)13/h7-8,10H,4-6H2,1-3H3/b11-8+/t10-/m0/s1. The zero-order chi connectivity index (χ0) is 10.3. The zero-order valence-electron chi connectivity index (χ0n) is 9.26. The predicted octanol–water partition coefficient (Wildman–Crippen LogP) is 3.10. The Morgan fingerprint density at radius 3 is 2.79 bits per heavy atom. The molecular weight excluding hydrogens is 188 g/mol. The van der Waals surface area contributed by atoms with Gasteiger partial charge in [0.2, 0.25) is 0 Å². The summed E-state index contributed by atoms with van der Waals surface area (Å²) in [6, 6.07) is 0. The Balaban J connectivity index is 2.31. The molecule has 0 N–H and O–H groups in total. The van der Waals surface area contributed by atoms with E-state index in [1.54, 1.807) is 0 Å². The van der Waals surface area contributed by atoms with E-state index in [0.29, 0.717) is 11.7 Å². The largest absolute Gasteiger partial charge is 0.290 e. The topological polar surface area (TPSA) is 17.1 Å². The third-order valence-corrected chi connectivity index (χ3v) is 4.15. The molecule has 0 radical (unpaired) electrons. The van der Waals surface area contributed by atoms with Crippen LogP contribution in [-0.4, -0.2) is 13.9 Å². The molecule has 0 aliphatic heterocycles. The molecule has 0 heterocycles. The van der Waals surface area contributed by atoms with Gasteiger partial charge in [-0.05, 0) is 30.9 Å². The molecule has 76 valence electrons. The molecule has 0 spiro atoms. The lowest BCUT2D eigenvalue weighted by Crippen LogP contribution is -2.19. The molecule has 0 saturated heterocycles. The lowest BCUT2D eigenvalue weighted by molar-refractivity contribution is -0.111. The van der Waals surface area contributed by atoms with Gasteiger partial charge in [0, 0.05) is 5.92 Å². The number of hydrogen-bond donors (Lipinski definition) is 0. The van der Waals surface area contributed by atoms with E-state index < -0.39 is 8.07 Å². The molecule has 2 rings (SSSR count). The first-order chi connectivity index (χ1) is 6.47. The molecule has 2 aliphatic carbocycles. The summed E-state index contributed by atoms with van der Waals surface area (Å²) in [5.74, 6) is 0.807. The van der Waals surface area contributed by atoms with Gasteiger partial charge in [0.25, 0.3) is 0 Å². The Bertz CT molecular complexity index is 331. The van der Waals surface area contributed by atoms with E-state index in [1.165, 1.54) is 18.4 Å². The van der Waals surface area contributed by atoms with Crippen molar-refractivity contribution >= 4 is 13.9 Å². The fourth-order valence-corrected chi connectivity index (χ4v) is 3.74. The van der Waals surface area contributed by atoms with Gasteiger partial charge in [0.05, 0.1) is 8.07 Å². The molecule has 0 unspecified atom stereocenters. The Labute approximate surface area is 86.9 Å². The van der Waals surface area contributed by atoms with Crippen molar-refractivity contribution in [3.05, 3.63) is 22.9 Å². The minimum Gasteiger partial charge on any atom is -0.290 e. The maximum Gasteiger partial charge on any atom is 0.181 e. The van der Waals surface area contributed by atoms with Crippen LogP contribution >= 0.6 is 0 Å². The molecule has 0 aromatic carbocycles. The average molecular weight is 206 g/mol. The maximum absolute atomic E-state index is 11.7. The van der Waals surface area contributed by atoms with Crippen LogP contribution in [0.5, 0.6) is 0 Å². The monoisotopic (exact) mass is 206 g/mol. The molecule has 0 aromatic heterocycles. The van der Waals surface area contributed by atoms with E-state index in [1.807, 2.05) is 6.08 Å². The molecule has 0 bridgehead atoms. The smallest absolute Gasteiger partial charge is 0.181 e. The van der Waals surface area contributed by atoms with Gasteiger partial charge >= 0.3 is 0 Å². The van der Waals surface area contributed by atoms with Crippen LogP contribution in [-0.2, 0) is 4.79 Å². The second-order valence-corrected chi connectivity index (χ2v) is 10.5. The highest BCUT2D eigenvalue weighted by atomic mass is 28.3. The van der Waals surface area contributed by atoms with E-state index in [0.717, 1.165) is 12.0 Å². The molecule has 1 saturated carbocycles. The Hall–Kier alpha value is -0.633. The van der Waals surface area contributed by atoms with Gasteiger partial charge in [-0.25, -0.2) is 0 Å². The number of allylic oxidation sites excluding steroid dienone is 3. The van der Waals surface area contributed by atoms with Crippen molar-refractivity contribution < 1.29 is 4.79 Å². The first-order valence-electron chi connectivity index (χ1n) is 5.45. The SMILES string of the molecule is C[Si](C)(C)/C=C1/C(=O)C=C2CCC[C@@H]21. The average Bonchev–Trinajstić information content (AvgIpc) is 2.54. The fraction of sp³-hybridized carbons (Fsp3) is 0.583. The first kappa shape index (κ1) is 9.90. The molecule has 2 heteroatoms. The van der Waals surface area contributed by atoms with E-state index in [9.17, 15) is 4.79 Å². The molecule has 1 fully saturated rings. The van der Waals surface area contributed by atoms with Crippen LogP contribution < -0.4 is 0 Å². The summed E-state index contributed by atoms with van der Waals surface area (Å²) < 4.78 is 0. The Kier molecular flexibility index (Phi) is 2.26. The van der Waals surface area contributed by atoms with Crippen LogP contribution in [0.15, 0.2) is 22.9 Å². The summed E-state index contributed by atoms with van der Waals surface area (Å²) in [5, 5.41) is 0. The molecule has 14 heavy (non-hydrogen) atoms. The molecule has 2 aliphatic rings. The highest BCUT2D eigenvalue weighted by molar-refractivity contribution is 6.81. The van der Waals surface area contributed by atoms with Gasteiger partial charge in [0.15, 0.2) is 5.78 Å². The quantitative estimate of drug-likeness (QED) is 0.476. The molecule has 1 atom stereocenters. The van der Waals surface area contributed by atoms with Crippen LogP contribution in [0.25, 0.3) is 0 Å². The zero-order valence-corrected chi connectivity index (χ0v) is 10.3. The van der Waals surface area contributed by atoms with Gasteiger partial charge in [-0.1, -0.05) is 30.9 Å². The van der Waals surface area contributed by atoms with Crippen molar-refractivity contribution in [2.45, 2.75) is 38.9 Å². The normalized spacial score (nSPS) is 29.6. The van der Waals surface area contributed by atoms with E-state index >= 15 is 0 Å². The highest BCUT2D eigenvalue weighted by Crippen LogP contribution is 2.41. The summed E-state index contributed by atoms with van der Waals surface area (Å²) in [4.78, 5) is 11.7. The summed E-state index contributed by atoms with van der Waals surface area (Å²) in [7, 11) is -1.24. The van der Waals surface area contributed by atoms with Crippen molar-refractivity contribution in [3.63, 3.8) is 0 Å². The number of ketones is 1. The van der Waals surface area contributed by atoms with Crippen LogP contribution in [0.2, 0.25) is 19.6 Å². The van der Waals surface area contributed by atoms with E-state index in [2.05, 4.69) is 25.3 Å². The lowest BCUT2D eigenvalue weighted by Gasteiger charge is -2.14. The minimum atomic E-state index is -1.24. The summed E-state index contributed by atoms with van der Waals surface area (Å²) in [6.45, 7) is 6.88. The third-order valence-electron chi connectivity index (χ3n) is 2.97. The number of carbonyl (C=O) groups excluding carboxylic acids is 1. The van der Waals surface area contributed by atoms with Crippen LogP contribution in [0.3, 0.4) is 0 Å². The second kappa shape index (κ2) is 3.19. The summed E-state index contributed by atoms with van der Waals surface area (Å²) >= 11 is 0. The minimum absolute atomic E-state index is 0.298. The van der Waals surface area contributed by atoms with E-state index in [4.69, 9.17) is 0 Å². The van der Waals surface area contributed by atoms with Crippen LogP contribution in [0.1, 0.15) is 19.3 Å². The van der Waals surface area contributed by atoms with Gasteiger partial charge < -0.3 is 0 Å². The fourth-order valence-electron chi connectivity index (χ4n) is 2.46. The van der Waals surface area contributed by atoms with Gasteiger partial charge in [-0.2, -0.15) is 0 Å². The number of hydrogen-bond acceptors (Lipinski definition) is 1. The van der Waals surface area contributed by atoms with Gasteiger partial charge in [0.1, 0.15) is 0 Å². The van der Waals surface area contributed by atoms with Crippen molar-refractivity contribution in [2.24, 2.45) is 5.92 Å². The second-order valence-electron chi connectivity index (χ2n) is 5.49. The summed E-state index contributed by atoms with van der Waals surface area (Å²) in [5.41, 5.74) is 4.82.